The van der Waals surface area contributed by atoms with Crippen molar-refractivity contribution in [3.63, 3.8) is 0 Å². The molecule has 0 saturated carbocycles. The topological polar surface area (TPSA) is 29.1 Å². The molecule has 0 fully saturated rings. The highest BCUT2D eigenvalue weighted by molar-refractivity contribution is 5.96. The first-order valence-electron chi connectivity index (χ1n) is 5.57. The fourth-order valence-corrected chi connectivity index (χ4v) is 1.55. The molecule has 0 saturated heterocycles. The number of rotatable bonds is 4. The molecule has 2 nitrogen and oxygen atoms in total. The predicted molar refractivity (Wildman–Crippen MR) is 66.2 cm³/mol. The number of hydrogen-bond acceptors (Lipinski definition) is 1. The Labute approximate surface area is 97.1 Å². The van der Waals surface area contributed by atoms with E-state index < -0.39 is 0 Å². The lowest BCUT2D eigenvalue weighted by Crippen LogP contribution is -2.33. The first kappa shape index (κ1) is 12.3. The fraction of sp³-hybridized carbons (Fsp3) is 0.357. The summed E-state index contributed by atoms with van der Waals surface area (Å²) in [5.41, 5.74) is 1.77. The maximum atomic E-state index is 11.9. The van der Waals surface area contributed by atoms with Crippen molar-refractivity contribution in [2.45, 2.75) is 32.7 Å². The van der Waals surface area contributed by atoms with E-state index in [2.05, 4.69) is 11.2 Å². The summed E-state index contributed by atoms with van der Waals surface area (Å²) in [6.45, 7) is 3.99. The standard InChI is InChI=1S/C14H17NO/c1-4-11-9-7-8-10-13(11)14(16)15-12(5-2)6-3/h2,7-10,12H,4,6H2,1,3H3,(H,15,16). The van der Waals surface area contributed by atoms with Gasteiger partial charge in [0.05, 0.1) is 6.04 Å². The second kappa shape index (κ2) is 5.97. The zero-order chi connectivity index (χ0) is 12.0. The van der Waals surface area contributed by atoms with E-state index in [9.17, 15) is 4.79 Å². The molecule has 1 N–H and O–H groups in total. The predicted octanol–water partition coefficient (Wildman–Crippen LogP) is 2.39. The van der Waals surface area contributed by atoms with Crippen molar-refractivity contribution < 1.29 is 4.79 Å². The third-order valence-corrected chi connectivity index (χ3v) is 2.56. The Morgan fingerprint density at radius 3 is 2.69 bits per heavy atom. The second-order valence-electron chi connectivity index (χ2n) is 3.61. The molecule has 0 heterocycles. The zero-order valence-electron chi connectivity index (χ0n) is 9.79. The van der Waals surface area contributed by atoms with Crippen LogP contribution in [-0.4, -0.2) is 11.9 Å². The summed E-state index contributed by atoms with van der Waals surface area (Å²) in [4.78, 5) is 11.9. The van der Waals surface area contributed by atoms with Crippen LogP contribution in [0.2, 0.25) is 0 Å². The molecular formula is C14H17NO. The van der Waals surface area contributed by atoms with Gasteiger partial charge in [0.25, 0.3) is 5.91 Å². The highest BCUT2D eigenvalue weighted by Crippen LogP contribution is 2.09. The van der Waals surface area contributed by atoms with Gasteiger partial charge < -0.3 is 5.32 Å². The number of aryl methyl sites for hydroxylation is 1. The summed E-state index contributed by atoms with van der Waals surface area (Å²) in [6, 6.07) is 7.42. The minimum atomic E-state index is -0.183. The monoisotopic (exact) mass is 215 g/mol. The van der Waals surface area contributed by atoms with E-state index in [1.807, 2.05) is 38.1 Å². The van der Waals surface area contributed by atoms with E-state index in [0.29, 0.717) is 0 Å². The van der Waals surface area contributed by atoms with Crippen LogP contribution in [0.5, 0.6) is 0 Å². The maximum absolute atomic E-state index is 11.9. The van der Waals surface area contributed by atoms with E-state index in [1.165, 1.54) is 0 Å². The average Bonchev–Trinajstić information content (AvgIpc) is 2.35. The number of carbonyl (C=O) groups is 1. The van der Waals surface area contributed by atoms with Gasteiger partial charge in [0.15, 0.2) is 0 Å². The van der Waals surface area contributed by atoms with Crippen LogP contribution in [0.15, 0.2) is 24.3 Å². The van der Waals surface area contributed by atoms with Crippen LogP contribution < -0.4 is 5.32 Å². The van der Waals surface area contributed by atoms with Gasteiger partial charge in [-0.3, -0.25) is 4.79 Å². The van der Waals surface area contributed by atoms with Crippen LogP contribution in [-0.2, 0) is 6.42 Å². The van der Waals surface area contributed by atoms with Gasteiger partial charge in [-0.25, -0.2) is 0 Å². The first-order chi connectivity index (χ1) is 7.72. The number of amides is 1. The van der Waals surface area contributed by atoms with Crippen molar-refractivity contribution in [1.82, 2.24) is 5.32 Å². The lowest BCUT2D eigenvalue weighted by molar-refractivity contribution is 0.0944. The smallest absolute Gasteiger partial charge is 0.252 e. The average molecular weight is 215 g/mol. The molecule has 84 valence electrons. The third kappa shape index (κ3) is 2.87. The summed E-state index contributed by atoms with van der Waals surface area (Å²) < 4.78 is 0. The van der Waals surface area contributed by atoms with Crippen molar-refractivity contribution in [3.05, 3.63) is 35.4 Å². The van der Waals surface area contributed by atoms with Gasteiger partial charge in [0.1, 0.15) is 0 Å². The number of carbonyl (C=O) groups excluding carboxylic acids is 1. The van der Waals surface area contributed by atoms with E-state index in [4.69, 9.17) is 6.42 Å². The van der Waals surface area contributed by atoms with E-state index in [0.717, 1.165) is 24.0 Å². The molecule has 1 aromatic rings. The first-order valence-corrected chi connectivity index (χ1v) is 5.57. The lowest BCUT2D eigenvalue weighted by Gasteiger charge is -2.12. The number of nitrogens with one attached hydrogen (secondary N) is 1. The Kier molecular flexibility index (Phi) is 4.60. The maximum Gasteiger partial charge on any atom is 0.252 e. The van der Waals surface area contributed by atoms with Crippen LogP contribution in [0.4, 0.5) is 0 Å². The van der Waals surface area contributed by atoms with E-state index in [1.54, 1.807) is 0 Å². The number of hydrogen-bond donors (Lipinski definition) is 1. The zero-order valence-corrected chi connectivity index (χ0v) is 9.79. The van der Waals surface area contributed by atoms with Crippen LogP contribution in [0, 0.1) is 12.3 Å². The Balaban J connectivity index is 2.85. The summed E-state index contributed by atoms with van der Waals surface area (Å²) in [6.07, 6.45) is 6.91. The highest BCUT2D eigenvalue weighted by atomic mass is 16.1. The SMILES string of the molecule is C#CC(CC)NC(=O)c1ccccc1CC. The van der Waals surface area contributed by atoms with E-state index in [-0.39, 0.29) is 11.9 Å². The molecule has 1 aromatic carbocycles. The van der Waals surface area contributed by atoms with Crippen LogP contribution in [0.25, 0.3) is 0 Å². The van der Waals surface area contributed by atoms with Crippen molar-refractivity contribution in [1.29, 1.82) is 0 Å². The largest absolute Gasteiger partial charge is 0.338 e. The second-order valence-corrected chi connectivity index (χ2v) is 3.61. The van der Waals surface area contributed by atoms with Gasteiger partial charge in [-0.2, -0.15) is 0 Å². The van der Waals surface area contributed by atoms with Gasteiger partial charge in [0.2, 0.25) is 0 Å². The molecule has 1 amide bonds. The van der Waals surface area contributed by atoms with Gasteiger partial charge >= 0.3 is 0 Å². The van der Waals surface area contributed by atoms with Crippen LogP contribution in [0.1, 0.15) is 36.2 Å². The van der Waals surface area contributed by atoms with Crippen LogP contribution >= 0.6 is 0 Å². The number of benzene rings is 1. The number of terminal acetylenes is 1. The Bertz CT molecular complexity index is 403. The minimum absolute atomic E-state index is 0.0812. The molecule has 2 heteroatoms. The summed E-state index contributed by atoms with van der Waals surface area (Å²) in [5.74, 6) is 2.48. The lowest BCUT2D eigenvalue weighted by atomic mass is 10.0. The molecule has 1 rings (SSSR count). The van der Waals surface area contributed by atoms with Gasteiger partial charge in [-0.05, 0) is 24.5 Å². The Morgan fingerprint density at radius 2 is 2.12 bits per heavy atom. The van der Waals surface area contributed by atoms with Crippen molar-refractivity contribution in [3.8, 4) is 12.3 Å². The summed E-state index contributed by atoms with van der Waals surface area (Å²) in [7, 11) is 0. The molecule has 0 bridgehead atoms. The molecular weight excluding hydrogens is 198 g/mol. The molecule has 1 atom stereocenters. The summed E-state index contributed by atoms with van der Waals surface area (Å²) >= 11 is 0. The minimum Gasteiger partial charge on any atom is -0.338 e. The molecule has 0 aromatic heterocycles. The molecule has 16 heavy (non-hydrogen) atoms. The van der Waals surface area contributed by atoms with Crippen molar-refractivity contribution in [2.24, 2.45) is 0 Å². The fourth-order valence-electron chi connectivity index (χ4n) is 1.55. The quantitative estimate of drug-likeness (QED) is 0.768. The summed E-state index contributed by atoms with van der Waals surface area (Å²) in [5, 5.41) is 2.83. The molecule has 0 spiro atoms. The normalized spacial score (nSPS) is 11.6. The van der Waals surface area contributed by atoms with Crippen molar-refractivity contribution >= 4 is 5.91 Å². The Morgan fingerprint density at radius 1 is 1.44 bits per heavy atom. The van der Waals surface area contributed by atoms with Gasteiger partial charge in [-0.15, -0.1) is 6.42 Å². The third-order valence-electron chi connectivity index (χ3n) is 2.56. The molecule has 0 aliphatic rings. The molecule has 0 aliphatic heterocycles. The highest BCUT2D eigenvalue weighted by Gasteiger charge is 2.12. The van der Waals surface area contributed by atoms with Gasteiger partial charge in [0, 0.05) is 5.56 Å². The van der Waals surface area contributed by atoms with Crippen LogP contribution in [0.3, 0.4) is 0 Å². The van der Waals surface area contributed by atoms with E-state index >= 15 is 0 Å². The van der Waals surface area contributed by atoms with Crippen molar-refractivity contribution in [2.75, 3.05) is 0 Å². The molecule has 0 radical (unpaired) electrons. The molecule has 0 aliphatic carbocycles. The Hall–Kier alpha value is -1.75. The molecule has 1 unspecified atom stereocenters. The van der Waals surface area contributed by atoms with Gasteiger partial charge in [-0.1, -0.05) is 38.0 Å².